The average Bonchev–Trinajstić information content (AvgIpc) is 2.86. The highest BCUT2D eigenvalue weighted by atomic mass is 16.6. The fraction of sp³-hybridized carbons (Fsp3) is 0.480. The molecule has 2 rings (SSSR count). The molecule has 2 aromatic carbocycles. The van der Waals surface area contributed by atoms with E-state index in [0.717, 1.165) is 5.75 Å². The quantitative estimate of drug-likeness (QED) is 0.219. The first-order chi connectivity index (χ1) is 16.4. The summed E-state index contributed by atoms with van der Waals surface area (Å²) >= 11 is 0. The molecule has 0 fully saturated rings. The number of rotatable bonds is 20. The number of ether oxygens (including phenoxy) is 7. The van der Waals surface area contributed by atoms with Crippen molar-refractivity contribution in [3.63, 3.8) is 0 Å². The Labute approximate surface area is 195 Å². The molecule has 8 nitrogen and oxygen atoms in total. The molecule has 0 heterocycles. The standard InChI is InChI=1S/C25H34O8/c26-25(23-7-3-1-4-8-23)33-22-20-31-18-16-29-14-12-27-11-13-28-15-17-30-19-21-32-24-9-5-2-6-10-24/h1-10H,11-22H2. The van der Waals surface area contributed by atoms with Gasteiger partial charge in [-0.2, -0.15) is 0 Å². The monoisotopic (exact) mass is 462 g/mol. The Morgan fingerprint density at radius 3 is 1.36 bits per heavy atom. The van der Waals surface area contributed by atoms with Crippen molar-refractivity contribution in [2.75, 3.05) is 79.3 Å². The Kier molecular flexibility index (Phi) is 15.4. The van der Waals surface area contributed by atoms with Gasteiger partial charge in [0.1, 0.15) is 19.0 Å². The molecule has 0 aliphatic heterocycles. The molecule has 0 saturated carbocycles. The smallest absolute Gasteiger partial charge is 0.338 e. The number of esters is 1. The fourth-order valence-electron chi connectivity index (χ4n) is 2.57. The van der Waals surface area contributed by atoms with E-state index in [2.05, 4.69) is 0 Å². The van der Waals surface area contributed by atoms with E-state index in [1.165, 1.54) is 0 Å². The van der Waals surface area contributed by atoms with Crippen molar-refractivity contribution in [1.29, 1.82) is 0 Å². The molecule has 0 atom stereocenters. The van der Waals surface area contributed by atoms with E-state index in [1.807, 2.05) is 36.4 Å². The van der Waals surface area contributed by atoms with Crippen LogP contribution in [0.5, 0.6) is 5.75 Å². The van der Waals surface area contributed by atoms with E-state index in [4.69, 9.17) is 33.2 Å². The van der Waals surface area contributed by atoms with Crippen LogP contribution in [0.2, 0.25) is 0 Å². The molecule has 0 bridgehead atoms. The van der Waals surface area contributed by atoms with E-state index in [0.29, 0.717) is 78.2 Å². The van der Waals surface area contributed by atoms with E-state index in [-0.39, 0.29) is 12.6 Å². The molecule has 0 saturated heterocycles. The maximum absolute atomic E-state index is 11.7. The first kappa shape index (κ1) is 26.8. The van der Waals surface area contributed by atoms with Gasteiger partial charge >= 0.3 is 5.97 Å². The lowest BCUT2D eigenvalue weighted by molar-refractivity contribution is -0.0163. The molecular formula is C25H34O8. The molecule has 0 aliphatic carbocycles. The Hall–Kier alpha value is -2.49. The lowest BCUT2D eigenvalue weighted by atomic mass is 10.2. The van der Waals surface area contributed by atoms with Gasteiger partial charge in [-0.3, -0.25) is 0 Å². The number of carbonyl (C=O) groups excluding carboxylic acids is 1. The van der Waals surface area contributed by atoms with Gasteiger partial charge in [0.05, 0.1) is 71.6 Å². The van der Waals surface area contributed by atoms with Gasteiger partial charge in [0, 0.05) is 0 Å². The van der Waals surface area contributed by atoms with Crippen LogP contribution in [0.1, 0.15) is 10.4 Å². The predicted octanol–water partition coefficient (Wildman–Crippen LogP) is 3.01. The number of para-hydroxylation sites is 1. The van der Waals surface area contributed by atoms with Crippen molar-refractivity contribution in [3.05, 3.63) is 66.2 Å². The summed E-state index contributed by atoms with van der Waals surface area (Å²) in [6.07, 6.45) is 0. The third-order valence-corrected chi connectivity index (χ3v) is 4.20. The summed E-state index contributed by atoms with van der Waals surface area (Å²) in [7, 11) is 0. The van der Waals surface area contributed by atoms with Gasteiger partial charge in [-0.05, 0) is 24.3 Å². The van der Waals surface area contributed by atoms with Crippen molar-refractivity contribution in [1.82, 2.24) is 0 Å². The molecule has 8 heteroatoms. The summed E-state index contributed by atoms with van der Waals surface area (Å²) < 4.78 is 37.7. The van der Waals surface area contributed by atoms with E-state index in [1.54, 1.807) is 24.3 Å². The van der Waals surface area contributed by atoms with E-state index < -0.39 is 0 Å². The van der Waals surface area contributed by atoms with Crippen molar-refractivity contribution >= 4 is 5.97 Å². The first-order valence-corrected chi connectivity index (χ1v) is 11.1. The molecule has 0 unspecified atom stereocenters. The topological polar surface area (TPSA) is 81.7 Å². The number of hydrogen-bond acceptors (Lipinski definition) is 8. The first-order valence-electron chi connectivity index (χ1n) is 11.1. The Morgan fingerprint density at radius 2 is 0.879 bits per heavy atom. The second-order valence-corrected chi connectivity index (χ2v) is 6.73. The molecule has 0 aromatic heterocycles. The van der Waals surface area contributed by atoms with Crippen LogP contribution in [0.25, 0.3) is 0 Å². The van der Waals surface area contributed by atoms with E-state index in [9.17, 15) is 4.79 Å². The maximum Gasteiger partial charge on any atom is 0.338 e. The zero-order chi connectivity index (χ0) is 23.2. The lowest BCUT2D eigenvalue weighted by Gasteiger charge is -2.09. The molecule has 0 spiro atoms. The van der Waals surface area contributed by atoms with Crippen molar-refractivity contribution < 1.29 is 38.0 Å². The minimum Gasteiger partial charge on any atom is -0.491 e. The van der Waals surface area contributed by atoms with Gasteiger partial charge in [-0.25, -0.2) is 4.79 Å². The molecule has 182 valence electrons. The molecule has 2 aromatic rings. The van der Waals surface area contributed by atoms with E-state index >= 15 is 0 Å². The highest BCUT2D eigenvalue weighted by Crippen LogP contribution is 2.07. The van der Waals surface area contributed by atoms with Gasteiger partial charge in [0.2, 0.25) is 0 Å². The summed E-state index contributed by atoms with van der Waals surface area (Å²) in [6.45, 7) is 5.49. The lowest BCUT2D eigenvalue weighted by Crippen LogP contribution is -2.15. The van der Waals surface area contributed by atoms with Crippen LogP contribution in [0.4, 0.5) is 0 Å². The third-order valence-electron chi connectivity index (χ3n) is 4.20. The molecule has 0 amide bonds. The molecule has 0 N–H and O–H groups in total. The van der Waals surface area contributed by atoms with Crippen LogP contribution in [0, 0.1) is 0 Å². The minimum atomic E-state index is -0.349. The van der Waals surface area contributed by atoms with Crippen molar-refractivity contribution in [2.24, 2.45) is 0 Å². The largest absolute Gasteiger partial charge is 0.491 e. The second-order valence-electron chi connectivity index (χ2n) is 6.73. The highest BCUT2D eigenvalue weighted by Gasteiger charge is 2.05. The summed E-state index contributed by atoms with van der Waals surface area (Å²) in [4.78, 5) is 11.7. The van der Waals surface area contributed by atoms with Crippen LogP contribution in [-0.2, 0) is 28.4 Å². The zero-order valence-corrected chi connectivity index (χ0v) is 19.0. The zero-order valence-electron chi connectivity index (χ0n) is 19.0. The van der Waals surface area contributed by atoms with Gasteiger partial charge < -0.3 is 33.2 Å². The summed E-state index contributed by atoms with van der Waals surface area (Å²) in [5, 5.41) is 0. The summed E-state index contributed by atoms with van der Waals surface area (Å²) in [5.41, 5.74) is 0.532. The third kappa shape index (κ3) is 14.3. The average molecular weight is 463 g/mol. The summed E-state index contributed by atoms with van der Waals surface area (Å²) in [5.74, 6) is 0.491. The predicted molar refractivity (Wildman–Crippen MR) is 123 cm³/mol. The van der Waals surface area contributed by atoms with Gasteiger partial charge in [-0.15, -0.1) is 0 Å². The normalized spacial score (nSPS) is 10.8. The molecule has 0 aliphatic rings. The maximum atomic E-state index is 11.7. The van der Waals surface area contributed by atoms with Crippen LogP contribution >= 0.6 is 0 Å². The number of benzene rings is 2. The van der Waals surface area contributed by atoms with Crippen molar-refractivity contribution in [2.45, 2.75) is 0 Å². The summed E-state index contributed by atoms with van der Waals surface area (Å²) in [6, 6.07) is 18.5. The number of carbonyl (C=O) groups is 1. The van der Waals surface area contributed by atoms with Crippen LogP contribution in [-0.4, -0.2) is 85.3 Å². The van der Waals surface area contributed by atoms with Gasteiger partial charge in [-0.1, -0.05) is 36.4 Å². The fourth-order valence-corrected chi connectivity index (χ4v) is 2.57. The van der Waals surface area contributed by atoms with Crippen LogP contribution < -0.4 is 4.74 Å². The Morgan fingerprint density at radius 1 is 0.485 bits per heavy atom. The Balaban J connectivity index is 1.23. The highest BCUT2D eigenvalue weighted by molar-refractivity contribution is 5.89. The molecular weight excluding hydrogens is 428 g/mol. The second kappa shape index (κ2) is 19.0. The van der Waals surface area contributed by atoms with Crippen LogP contribution in [0.3, 0.4) is 0 Å². The number of hydrogen-bond donors (Lipinski definition) is 0. The van der Waals surface area contributed by atoms with Crippen LogP contribution in [0.15, 0.2) is 60.7 Å². The minimum absolute atomic E-state index is 0.212. The molecule has 33 heavy (non-hydrogen) atoms. The molecule has 0 radical (unpaired) electrons. The van der Waals surface area contributed by atoms with Crippen molar-refractivity contribution in [3.8, 4) is 5.75 Å². The Bertz CT molecular complexity index is 711. The van der Waals surface area contributed by atoms with Gasteiger partial charge in [0.25, 0.3) is 0 Å². The van der Waals surface area contributed by atoms with Gasteiger partial charge in [0.15, 0.2) is 0 Å². The SMILES string of the molecule is O=C(OCCOCCOCCOCCOCCOCCOc1ccccc1)c1ccccc1.